The van der Waals surface area contributed by atoms with Gasteiger partial charge in [0, 0.05) is 4.47 Å². The standard InChI is InChI=1S/C9H11BrO4S/c1-13-14-6-7-15(11,12)9-4-2-8(10)3-5-9/h2-5H,6-7H2,1H3. The SMILES string of the molecule is COOCCS(=O)(=O)c1ccc(Br)cc1. The maximum absolute atomic E-state index is 11.7. The first-order valence-corrected chi connectivity index (χ1v) is 6.65. The van der Waals surface area contributed by atoms with Gasteiger partial charge in [0.05, 0.1) is 24.4 Å². The molecule has 1 rings (SSSR count). The van der Waals surface area contributed by atoms with E-state index in [1.165, 1.54) is 7.11 Å². The van der Waals surface area contributed by atoms with Crippen molar-refractivity contribution in [2.75, 3.05) is 19.5 Å². The molecule has 0 aliphatic carbocycles. The molecule has 1 aromatic carbocycles. The fraction of sp³-hybridized carbons (Fsp3) is 0.333. The van der Waals surface area contributed by atoms with Crippen LogP contribution in [0, 0.1) is 0 Å². The Balaban J connectivity index is 2.73. The minimum atomic E-state index is -3.28. The van der Waals surface area contributed by atoms with E-state index in [0.29, 0.717) is 0 Å². The van der Waals surface area contributed by atoms with Crippen LogP contribution in [0.1, 0.15) is 0 Å². The summed E-state index contributed by atoms with van der Waals surface area (Å²) in [5.41, 5.74) is 0. The summed E-state index contributed by atoms with van der Waals surface area (Å²) < 4.78 is 24.2. The maximum Gasteiger partial charge on any atom is 0.180 e. The molecule has 0 N–H and O–H groups in total. The van der Waals surface area contributed by atoms with E-state index in [2.05, 4.69) is 25.7 Å². The Morgan fingerprint density at radius 1 is 1.27 bits per heavy atom. The van der Waals surface area contributed by atoms with Gasteiger partial charge in [-0.15, -0.1) is 0 Å². The molecule has 0 bridgehead atoms. The Bertz CT molecular complexity index is 399. The summed E-state index contributed by atoms with van der Waals surface area (Å²) in [5, 5.41) is 0. The summed E-state index contributed by atoms with van der Waals surface area (Å²) in [4.78, 5) is 9.13. The van der Waals surface area contributed by atoms with Crippen LogP contribution in [-0.2, 0) is 19.6 Å². The lowest BCUT2D eigenvalue weighted by molar-refractivity contribution is -0.267. The predicted molar refractivity (Wildman–Crippen MR) is 59.2 cm³/mol. The van der Waals surface area contributed by atoms with Crippen molar-refractivity contribution in [3.63, 3.8) is 0 Å². The van der Waals surface area contributed by atoms with E-state index in [-0.39, 0.29) is 17.3 Å². The molecule has 4 nitrogen and oxygen atoms in total. The molecule has 0 unspecified atom stereocenters. The molecule has 0 heterocycles. The van der Waals surface area contributed by atoms with Crippen molar-refractivity contribution in [2.45, 2.75) is 4.90 Å². The molecule has 0 aliphatic heterocycles. The van der Waals surface area contributed by atoms with Gasteiger partial charge in [-0.2, -0.15) is 0 Å². The Hall–Kier alpha value is -0.430. The van der Waals surface area contributed by atoms with Crippen molar-refractivity contribution in [1.82, 2.24) is 0 Å². The highest BCUT2D eigenvalue weighted by atomic mass is 79.9. The van der Waals surface area contributed by atoms with Gasteiger partial charge in [-0.3, -0.25) is 0 Å². The molecule has 0 atom stereocenters. The van der Waals surface area contributed by atoms with Crippen LogP contribution in [0.25, 0.3) is 0 Å². The van der Waals surface area contributed by atoms with Gasteiger partial charge < -0.3 is 0 Å². The molecule has 0 saturated carbocycles. The highest BCUT2D eigenvalue weighted by molar-refractivity contribution is 9.10. The summed E-state index contributed by atoms with van der Waals surface area (Å²) in [7, 11) is -1.94. The average Bonchev–Trinajstić information content (AvgIpc) is 2.18. The van der Waals surface area contributed by atoms with Crippen LogP contribution in [-0.4, -0.2) is 27.9 Å². The molecule has 15 heavy (non-hydrogen) atoms. The van der Waals surface area contributed by atoms with E-state index in [4.69, 9.17) is 0 Å². The average molecular weight is 295 g/mol. The molecule has 0 aliphatic rings. The van der Waals surface area contributed by atoms with Gasteiger partial charge in [0.1, 0.15) is 0 Å². The highest BCUT2D eigenvalue weighted by Crippen LogP contribution is 2.15. The number of sulfone groups is 1. The molecule has 0 amide bonds. The first-order valence-electron chi connectivity index (χ1n) is 4.20. The minimum absolute atomic E-state index is 0.0227. The summed E-state index contributed by atoms with van der Waals surface area (Å²) in [5.74, 6) is -0.0948. The van der Waals surface area contributed by atoms with E-state index in [1.54, 1.807) is 24.3 Å². The molecule has 0 fully saturated rings. The first kappa shape index (κ1) is 12.6. The third-order valence-electron chi connectivity index (χ3n) is 1.73. The third kappa shape index (κ3) is 3.90. The zero-order valence-electron chi connectivity index (χ0n) is 8.14. The Labute approximate surface area is 97.2 Å². The molecule has 6 heteroatoms. The van der Waals surface area contributed by atoms with Crippen molar-refractivity contribution in [1.29, 1.82) is 0 Å². The molecular weight excluding hydrogens is 284 g/mol. The van der Waals surface area contributed by atoms with Gasteiger partial charge >= 0.3 is 0 Å². The van der Waals surface area contributed by atoms with Crippen LogP contribution in [0.2, 0.25) is 0 Å². The lowest BCUT2D eigenvalue weighted by Crippen LogP contribution is -2.12. The van der Waals surface area contributed by atoms with Crippen LogP contribution in [0.15, 0.2) is 33.6 Å². The van der Waals surface area contributed by atoms with Crippen molar-refractivity contribution >= 4 is 25.8 Å². The Kier molecular flexibility index (Phi) is 4.72. The van der Waals surface area contributed by atoms with Crippen molar-refractivity contribution < 1.29 is 18.2 Å². The number of benzene rings is 1. The monoisotopic (exact) mass is 294 g/mol. The largest absolute Gasteiger partial charge is 0.240 e. The summed E-state index contributed by atoms with van der Waals surface area (Å²) in [6.45, 7) is 0.0227. The maximum atomic E-state index is 11.7. The van der Waals surface area contributed by atoms with Gasteiger partial charge in [-0.1, -0.05) is 15.9 Å². The van der Waals surface area contributed by atoms with Gasteiger partial charge in [0.2, 0.25) is 0 Å². The third-order valence-corrected chi connectivity index (χ3v) is 3.95. The summed E-state index contributed by atoms with van der Waals surface area (Å²) in [6.07, 6.45) is 0. The highest BCUT2D eigenvalue weighted by Gasteiger charge is 2.13. The molecule has 0 aromatic heterocycles. The number of hydrogen-bond acceptors (Lipinski definition) is 4. The van der Waals surface area contributed by atoms with E-state index >= 15 is 0 Å². The van der Waals surface area contributed by atoms with E-state index in [9.17, 15) is 8.42 Å². The fourth-order valence-corrected chi connectivity index (χ4v) is 2.33. The second kappa shape index (κ2) is 5.60. The fourth-order valence-electron chi connectivity index (χ4n) is 0.987. The van der Waals surface area contributed by atoms with Crippen LogP contribution < -0.4 is 0 Å². The van der Waals surface area contributed by atoms with E-state index < -0.39 is 9.84 Å². The number of halogens is 1. The lowest BCUT2D eigenvalue weighted by Gasteiger charge is -2.03. The number of hydrogen-bond donors (Lipinski definition) is 0. The van der Waals surface area contributed by atoms with Gasteiger partial charge in [0.25, 0.3) is 0 Å². The lowest BCUT2D eigenvalue weighted by atomic mass is 10.4. The molecule has 1 aromatic rings. The summed E-state index contributed by atoms with van der Waals surface area (Å²) in [6, 6.07) is 6.46. The molecule has 84 valence electrons. The van der Waals surface area contributed by atoms with E-state index in [1.807, 2.05) is 0 Å². The molecule has 0 spiro atoms. The van der Waals surface area contributed by atoms with Crippen LogP contribution in [0.5, 0.6) is 0 Å². The summed E-state index contributed by atoms with van der Waals surface area (Å²) >= 11 is 3.24. The first-order chi connectivity index (χ1) is 7.06. The molecule has 0 saturated heterocycles. The van der Waals surface area contributed by atoms with Gasteiger partial charge in [0.15, 0.2) is 9.84 Å². The van der Waals surface area contributed by atoms with Gasteiger partial charge in [-0.25, -0.2) is 18.2 Å². The second-order valence-electron chi connectivity index (χ2n) is 2.76. The minimum Gasteiger partial charge on any atom is -0.240 e. The smallest absolute Gasteiger partial charge is 0.180 e. The number of rotatable bonds is 5. The topological polar surface area (TPSA) is 52.6 Å². The normalized spacial score (nSPS) is 11.6. The Morgan fingerprint density at radius 3 is 2.40 bits per heavy atom. The van der Waals surface area contributed by atoms with Gasteiger partial charge in [-0.05, 0) is 24.3 Å². The molecule has 0 radical (unpaired) electrons. The van der Waals surface area contributed by atoms with Crippen LogP contribution in [0.3, 0.4) is 0 Å². The van der Waals surface area contributed by atoms with Crippen molar-refractivity contribution in [3.8, 4) is 0 Å². The quantitative estimate of drug-likeness (QED) is 0.472. The van der Waals surface area contributed by atoms with Crippen LogP contribution >= 0.6 is 15.9 Å². The zero-order chi connectivity index (χ0) is 11.3. The van der Waals surface area contributed by atoms with E-state index in [0.717, 1.165) is 4.47 Å². The second-order valence-corrected chi connectivity index (χ2v) is 5.79. The Morgan fingerprint density at radius 2 is 1.87 bits per heavy atom. The zero-order valence-corrected chi connectivity index (χ0v) is 10.5. The molecular formula is C9H11BrO4S. The van der Waals surface area contributed by atoms with Crippen LogP contribution in [0.4, 0.5) is 0 Å². The van der Waals surface area contributed by atoms with Crippen molar-refractivity contribution in [3.05, 3.63) is 28.7 Å². The van der Waals surface area contributed by atoms with Crippen molar-refractivity contribution in [2.24, 2.45) is 0 Å². The predicted octanol–water partition coefficient (Wildman–Crippen LogP) is 1.80.